The lowest BCUT2D eigenvalue weighted by Crippen LogP contribution is -2.22. The molecule has 41 heavy (non-hydrogen) atoms. The standard InChI is InChI=1S/C37H27N2OP/c1-40-28-23-20-27(21-24-28)37-38-33-19-11-10-18-32(33)36(39-37)35-31-17-9-8-12-26(31)22-25-34(35)41(29-13-4-2-5-14-29)30-15-6-3-7-16-30/h2-25H,1H3. The summed E-state index contributed by atoms with van der Waals surface area (Å²) in [5.74, 6) is 1.51. The fraction of sp³-hybridized carbons (Fsp3) is 0.0270. The highest BCUT2D eigenvalue weighted by molar-refractivity contribution is 7.80. The van der Waals surface area contributed by atoms with Crippen LogP contribution in [-0.2, 0) is 0 Å². The van der Waals surface area contributed by atoms with E-state index in [1.54, 1.807) is 7.11 Å². The van der Waals surface area contributed by atoms with E-state index in [1.807, 2.05) is 30.3 Å². The Hall–Kier alpha value is -4.85. The zero-order chi connectivity index (χ0) is 27.6. The van der Waals surface area contributed by atoms with Crippen molar-refractivity contribution in [3.05, 3.63) is 146 Å². The summed E-state index contributed by atoms with van der Waals surface area (Å²) in [5, 5.41) is 7.31. The van der Waals surface area contributed by atoms with Crippen LogP contribution in [0.5, 0.6) is 5.75 Å². The van der Waals surface area contributed by atoms with Gasteiger partial charge in [0.25, 0.3) is 0 Å². The van der Waals surface area contributed by atoms with Gasteiger partial charge in [-0.2, -0.15) is 0 Å². The molecule has 0 saturated carbocycles. The van der Waals surface area contributed by atoms with E-state index in [1.165, 1.54) is 26.7 Å². The van der Waals surface area contributed by atoms with Gasteiger partial charge in [-0.1, -0.05) is 115 Å². The van der Waals surface area contributed by atoms with Crippen molar-refractivity contribution in [2.24, 2.45) is 0 Å². The number of hydrogen-bond acceptors (Lipinski definition) is 3. The van der Waals surface area contributed by atoms with Crippen LogP contribution < -0.4 is 20.7 Å². The molecule has 1 aromatic heterocycles. The van der Waals surface area contributed by atoms with E-state index >= 15 is 0 Å². The summed E-state index contributed by atoms with van der Waals surface area (Å²) < 4.78 is 5.40. The fourth-order valence-corrected chi connectivity index (χ4v) is 7.88. The quantitative estimate of drug-likeness (QED) is 0.199. The number of ether oxygens (including phenoxy) is 1. The fourth-order valence-electron chi connectivity index (χ4n) is 5.41. The Labute approximate surface area is 240 Å². The monoisotopic (exact) mass is 546 g/mol. The number of aromatic nitrogens is 2. The molecule has 0 aliphatic carbocycles. The molecule has 1 heterocycles. The highest BCUT2D eigenvalue weighted by Crippen LogP contribution is 2.41. The normalized spacial score (nSPS) is 11.3. The van der Waals surface area contributed by atoms with Crippen LogP contribution in [0.15, 0.2) is 146 Å². The zero-order valence-corrected chi connectivity index (χ0v) is 23.5. The van der Waals surface area contributed by atoms with Crippen molar-refractivity contribution in [1.82, 2.24) is 9.97 Å². The van der Waals surface area contributed by atoms with Crippen LogP contribution in [0, 0.1) is 0 Å². The summed E-state index contributed by atoms with van der Waals surface area (Å²) in [6.07, 6.45) is 0. The van der Waals surface area contributed by atoms with Crippen LogP contribution in [0.2, 0.25) is 0 Å². The number of rotatable bonds is 6. The van der Waals surface area contributed by atoms with Gasteiger partial charge in [-0.3, -0.25) is 0 Å². The Kier molecular flexibility index (Phi) is 6.72. The molecule has 0 aliphatic heterocycles. The molecule has 0 atom stereocenters. The minimum absolute atomic E-state index is 0.698. The highest BCUT2D eigenvalue weighted by Gasteiger charge is 2.24. The second-order valence-electron chi connectivity index (χ2n) is 9.83. The van der Waals surface area contributed by atoms with Gasteiger partial charge in [0, 0.05) is 16.5 Å². The van der Waals surface area contributed by atoms with Crippen LogP contribution >= 0.6 is 7.92 Å². The Morgan fingerprint density at radius 1 is 0.537 bits per heavy atom. The zero-order valence-electron chi connectivity index (χ0n) is 22.6. The average molecular weight is 547 g/mol. The first-order valence-electron chi connectivity index (χ1n) is 13.6. The van der Waals surface area contributed by atoms with Gasteiger partial charge in [0.15, 0.2) is 5.82 Å². The number of benzene rings is 6. The molecule has 0 spiro atoms. The SMILES string of the molecule is COc1ccc(-c2nc(-c3c(P(c4ccccc4)c4ccccc4)ccc4ccccc34)c3ccccc3n2)cc1. The predicted molar refractivity (Wildman–Crippen MR) is 173 cm³/mol. The Morgan fingerprint density at radius 3 is 1.83 bits per heavy atom. The molecule has 7 aromatic rings. The van der Waals surface area contributed by atoms with Crippen molar-refractivity contribution in [2.75, 3.05) is 7.11 Å². The molecular formula is C37H27N2OP. The third-order valence-electron chi connectivity index (χ3n) is 7.36. The van der Waals surface area contributed by atoms with E-state index in [0.29, 0.717) is 5.82 Å². The largest absolute Gasteiger partial charge is 0.497 e. The summed E-state index contributed by atoms with van der Waals surface area (Å²) >= 11 is 0. The van der Waals surface area contributed by atoms with Crippen molar-refractivity contribution in [3.63, 3.8) is 0 Å². The first-order valence-corrected chi connectivity index (χ1v) is 15.0. The van der Waals surface area contributed by atoms with E-state index < -0.39 is 7.92 Å². The molecule has 6 aromatic carbocycles. The predicted octanol–water partition coefficient (Wildman–Crippen LogP) is 7.88. The maximum absolute atomic E-state index is 5.40. The molecule has 0 N–H and O–H groups in total. The number of hydrogen-bond donors (Lipinski definition) is 0. The highest BCUT2D eigenvalue weighted by atomic mass is 31.1. The van der Waals surface area contributed by atoms with Crippen LogP contribution in [0.25, 0.3) is 44.3 Å². The van der Waals surface area contributed by atoms with Crippen LogP contribution in [0.3, 0.4) is 0 Å². The first kappa shape index (κ1) is 25.1. The third kappa shape index (κ3) is 4.75. The van der Waals surface area contributed by atoms with Gasteiger partial charge in [-0.15, -0.1) is 0 Å². The summed E-state index contributed by atoms with van der Waals surface area (Å²) in [6.45, 7) is 0. The number of methoxy groups -OCH3 is 1. The molecule has 0 radical (unpaired) electrons. The number of para-hydroxylation sites is 1. The molecule has 0 bridgehead atoms. The van der Waals surface area contributed by atoms with Crippen LogP contribution in [-0.4, -0.2) is 17.1 Å². The summed E-state index contributed by atoms with van der Waals surface area (Å²) in [6, 6.07) is 51.2. The van der Waals surface area contributed by atoms with E-state index in [0.717, 1.165) is 33.5 Å². The second kappa shape index (κ2) is 11.0. The smallest absolute Gasteiger partial charge is 0.160 e. The van der Waals surface area contributed by atoms with Gasteiger partial charge in [0.1, 0.15) is 5.75 Å². The van der Waals surface area contributed by atoms with Crippen molar-refractivity contribution in [3.8, 4) is 28.4 Å². The van der Waals surface area contributed by atoms with Crippen LogP contribution in [0.4, 0.5) is 0 Å². The molecule has 4 heteroatoms. The maximum Gasteiger partial charge on any atom is 0.160 e. The summed E-state index contributed by atoms with van der Waals surface area (Å²) in [7, 11) is 0.814. The Morgan fingerprint density at radius 2 is 1.15 bits per heavy atom. The van der Waals surface area contributed by atoms with Crippen molar-refractivity contribution in [2.45, 2.75) is 0 Å². The molecule has 3 nitrogen and oxygen atoms in total. The third-order valence-corrected chi connectivity index (χ3v) is 9.85. The minimum atomic E-state index is -0.866. The molecule has 196 valence electrons. The summed E-state index contributed by atoms with van der Waals surface area (Å²) in [4.78, 5) is 10.3. The van der Waals surface area contributed by atoms with Crippen LogP contribution in [0.1, 0.15) is 0 Å². The number of fused-ring (bicyclic) bond motifs is 2. The van der Waals surface area contributed by atoms with Gasteiger partial charge in [0.05, 0.1) is 18.3 Å². The lowest BCUT2D eigenvalue weighted by Gasteiger charge is -2.24. The molecule has 0 fully saturated rings. The van der Waals surface area contributed by atoms with Gasteiger partial charge in [-0.05, 0) is 64.9 Å². The lowest BCUT2D eigenvalue weighted by molar-refractivity contribution is 0.415. The number of nitrogens with zero attached hydrogens (tertiary/aromatic N) is 2. The van der Waals surface area contributed by atoms with E-state index in [2.05, 4.69) is 115 Å². The second-order valence-corrected chi connectivity index (χ2v) is 12.0. The maximum atomic E-state index is 5.40. The molecule has 0 amide bonds. The topological polar surface area (TPSA) is 35.0 Å². The van der Waals surface area contributed by atoms with Crippen molar-refractivity contribution < 1.29 is 4.74 Å². The molecule has 7 rings (SSSR count). The lowest BCUT2D eigenvalue weighted by atomic mass is 9.99. The Balaban J connectivity index is 1.57. The van der Waals surface area contributed by atoms with E-state index in [-0.39, 0.29) is 0 Å². The van der Waals surface area contributed by atoms with E-state index in [9.17, 15) is 0 Å². The summed E-state index contributed by atoms with van der Waals surface area (Å²) in [5.41, 5.74) is 3.99. The van der Waals surface area contributed by atoms with Gasteiger partial charge in [0.2, 0.25) is 0 Å². The van der Waals surface area contributed by atoms with Crippen molar-refractivity contribution in [1.29, 1.82) is 0 Å². The molecule has 0 unspecified atom stereocenters. The van der Waals surface area contributed by atoms with Gasteiger partial charge >= 0.3 is 0 Å². The minimum Gasteiger partial charge on any atom is -0.497 e. The molecule has 0 saturated heterocycles. The van der Waals surface area contributed by atoms with Gasteiger partial charge in [-0.25, -0.2) is 9.97 Å². The van der Waals surface area contributed by atoms with Crippen molar-refractivity contribution >= 4 is 45.5 Å². The Bertz CT molecular complexity index is 1930. The average Bonchev–Trinajstić information content (AvgIpc) is 3.05. The molecular weight excluding hydrogens is 519 g/mol. The van der Waals surface area contributed by atoms with Gasteiger partial charge < -0.3 is 4.74 Å². The van der Waals surface area contributed by atoms with E-state index in [4.69, 9.17) is 14.7 Å². The molecule has 0 aliphatic rings. The first-order chi connectivity index (χ1) is 20.3.